The lowest BCUT2D eigenvalue weighted by Gasteiger charge is -2.28. The Bertz CT molecular complexity index is 1420. The molecule has 2 atom stereocenters. The number of rotatable bonds is 6. The molecule has 1 saturated heterocycles. The van der Waals surface area contributed by atoms with Gasteiger partial charge < -0.3 is 9.84 Å². The molecule has 2 aromatic carbocycles. The highest BCUT2D eigenvalue weighted by molar-refractivity contribution is 7.90. The van der Waals surface area contributed by atoms with E-state index in [9.17, 15) is 44.7 Å². The van der Waals surface area contributed by atoms with E-state index in [0.717, 1.165) is 22.2 Å². The predicted molar refractivity (Wildman–Crippen MR) is 118 cm³/mol. The number of likely N-dealkylation sites (tertiary alicyclic amines) is 1. The minimum absolute atomic E-state index is 0.0796. The van der Waals surface area contributed by atoms with Crippen molar-refractivity contribution in [1.29, 1.82) is 0 Å². The molecule has 0 radical (unpaired) electrons. The van der Waals surface area contributed by atoms with E-state index >= 15 is 0 Å². The molecule has 1 unspecified atom stereocenters. The molecular formula is C23H20F6N2O5S. The normalized spacial score (nSPS) is 18.3. The molecule has 1 aromatic heterocycles. The molecule has 7 nitrogen and oxygen atoms in total. The maximum absolute atomic E-state index is 13.2. The second-order valence-electron chi connectivity index (χ2n) is 8.47. The zero-order valence-electron chi connectivity index (χ0n) is 18.8. The Morgan fingerprint density at radius 3 is 2.46 bits per heavy atom. The van der Waals surface area contributed by atoms with Crippen molar-refractivity contribution in [2.75, 3.05) is 6.54 Å². The van der Waals surface area contributed by atoms with Gasteiger partial charge in [0, 0.05) is 18.1 Å². The van der Waals surface area contributed by atoms with Crippen LogP contribution in [0.3, 0.4) is 0 Å². The number of carbonyl (C=O) groups excluding carboxylic acids is 1. The van der Waals surface area contributed by atoms with E-state index in [1.54, 1.807) is 11.0 Å². The van der Waals surface area contributed by atoms with Crippen molar-refractivity contribution in [2.24, 2.45) is 0 Å². The number of esters is 1. The number of fused-ring (bicyclic) bond motifs is 1. The molecule has 1 N–H and O–H groups in total. The highest BCUT2D eigenvalue weighted by atomic mass is 32.2. The SMILES string of the molecule is O=C(OC(O)[C@H]1CCCN1Cc1cccc2c1ccn2S(=O)(=O)c1cccc(C(F)(F)F)c1)C(F)(F)F. The summed E-state index contributed by atoms with van der Waals surface area (Å²) in [4.78, 5) is 12.2. The van der Waals surface area contributed by atoms with Crippen molar-refractivity contribution in [2.45, 2.75) is 49.0 Å². The van der Waals surface area contributed by atoms with Gasteiger partial charge in [-0.05, 0) is 55.3 Å². The van der Waals surface area contributed by atoms with Gasteiger partial charge in [0.2, 0.25) is 6.29 Å². The van der Waals surface area contributed by atoms with Gasteiger partial charge in [0.15, 0.2) is 0 Å². The molecule has 0 aliphatic carbocycles. The van der Waals surface area contributed by atoms with Crippen molar-refractivity contribution >= 4 is 26.9 Å². The van der Waals surface area contributed by atoms with E-state index in [1.165, 1.54) is 24.4 Å². The topological polar surface area (TPSA) is 88.8 Å². The van der Waals surface area contributed by atoms with Gasteiger partial charge in [-0.2, -0.15) is 26.3 Å². The number of aliphatic hydroxyl groups is 1. The van der Waals surface area contributed by atoms with Gasteiger partial charge in [-0.15, -0.1) is 0 Å². The third-order valence-electron chi connectivity index (χ3n) is 6.08. The molecular weight excluding hydrogens is 530 g/mol. The lowest BCUT2D eigenvalue weighted by molar-refractivity contribution is -0.225. The lowest BCUT2D eigenvalue weighted by atomic mass is 10.1. The Morgan fingerprint density at radius 1 is 1.08 bits per heavy atom. The summed E-state index contributed by atoms with van der Waals surface area (Å²) in [6.45, 7) is 0.446. The molecule has 3 aromatic rings. The van der Waals surface area contributed by atoms with Gasteiger partial charge in [0.25, 0.3) is 10.0 Å². The summed E-state index contributed by atoms with van der Waals surface area (Å²) in [5.74, 6) is -2.51. The minimum atomic E-state index is -5.26. The molecule has 0 spiro atoms. The standard InChI is InChI=1S/C23H20F6N2O5S/c24-22(25,26)15-5-2-6-16(12-15)37(34,35)31-11-9-17-14(4-1-7-18(17)31)13-30-10-3-8-19(30)20(32)36-21(33)23(27,28)29/h1-2,4-7,9,11-12,19-20,32H,3,8,10,13H2/t19-,20?/m1/s1. The molecule has 14 heteroatoms. The fourth-order valence-electron chi connectivity index (χ4n) is 4.35. The van der Waals surface area contributed by atoms with Gasteiger partial charge in [0.05, 0.1) is 22.0 Å². The molecule has 0 saturated carbocycles. The Hall–Kier alpha value is -3.10. The fourth-order valence-corrected chi connectivity index (χ4v) is 5.74. The second kappa shape index (κ2) is 9.65. The van der Waals surface area contributed by atoms with Gasteiger partial charge in [-0.3, -0.25) is 4.90 Å². The Kier molecular flexibility index (Phi) is 7.03. The van der Waals surface area contributed by atoms with E-state index in [0.29, 0.717) is 30.0 Å². The van der Waals surface area contributed by atoms with Gasteiger partial charge in [0.1, 0.15) is 0 Å². The van der Waals surface area contributed by atoms with Crippen LogP contribution in [0.1, 0.15) is 24.0 Å². The number of benzene rings is 2. The maximum atomic E-state index is 13.2. The van der Waals surface area contributed by atoms with Crippen molar-refractivity contribution in [1.82, 2.24) is 8.87 Å². The lowest BCUT2D eigenvalue weighted by Crippen LogP contribution is -2.43. The van der Waals surface area contributed by atoms with Crippen LogP contribution in [0.2, 0.25) is 0 Å². The average Bonchev–Trinajstić information content (AvgIpc) is 3.46. The summed E-state index contributed by atoms with van der Waals surface area (Å²) in [7, 11) is -4.40. The smallest absolute Gasteiger partial charge is 0.428 e. The van der Waals surface area contributed by atoms with Gasteiger partial charge in [-0.25, -0.2) is 17.2 Å². The van der Waals surface area contributed by atoms with E-state index in [4.69, 9.17) is 0 Å². The number of hydrogen-bond acceptors (Lipinski definition) is 6. The molecule has 37 heavy (non-hydrogen) atoms. The summed E-state index contributed by atoms with van der Waals surface area (Å²) in [6.07, 6.45) is -10.1. The highest BCUT2D eigenvalue weighted by Gasteiger charge is 2.44. The highest BCUT2D eigenvalue weighted by Crippen LogP contribution is 2.33. The van der Waals surface area contributed by atoms with Crippen molar-refractivity contribution in [3.63, 3.8) is 0 Å². The van der Waals surface area contributed by atoms with Crippen LogP contribution in [-0.2, 0) is 32.3 Å². The van der Waals surface area contributed by atoms with Crippen LogP contribution >= 0.6 is 0 Å². The molecule has 0 amide bonds. The van der Waals surface area contributed by atoms with E-state index in [1.807, 2.05) is 0 Å². The van der Waals surface area contributed by atoms with Gasteiger partial charge in [-0.1, -0.05) is 18.2 Å². The summed E-state index contributed by atoms with van der Waals surface area (Å²) >= 11 is 0. The Balaban J connectivity index is 1.62. The van der Waals surface area contributed by atoms with Crippen LogP contribution in [-0.4, -0.2) is 53.4 Å². The van der Waals surface area contributed by atoms with Crippen molar-refractivity contribution < 1.29 is 49.4 Å². The second-order valence-corrected chi connectivity index (χ2v) is 10.3. The van der Waals surface area contributed by atoms with Crippen molar-refractivity contribution in [3.8, 4) is 0 Å². The first-order chi connectivity index (χ1) is 17.2. The number of hydrogen-bond donors (Lipinski definition) is 1. The number of carbonyl (C=O) groups is 1. The number of aliphatic hydroxyl groups excluding tert-OH is 1. The maximum Gasteiger partial charge on any atom is 0.491 e. The van der Waals surface area contributed by atoms with Crippen LogP contribution in [0.4, 0.5) is 26.3 Å². The molecule has 0 bridgehead atoms. The average molecular weight is 550 g/mol. The first-order valence-corrected chi connectivity index (χ1v) is 12.4. The summed E-state index contributed by atoms with van der Waals surface area (Å²) in [5, 5.41) is 10.5. The molecule has 2 heterocycles. The summed E-state index contributed by atoms with van der Waals surface area (Å²) in [6, 6.07) is 8.54. The Morgan fingerprint density at radius 2 is 1.78 bits per heavy atom. The largest absolute Gasteiger partial charge is 0.491 e. The zero-order valence-corrected chi connectivity index (χ0v) is 19.6. The summed E-state index contributed by atoms with van der Waals surface area (Å²) in [5.41, 5.74) is -0.387. The predicted octanol–water partition coefficient (Wildman–Crippen LogP) is 4.29. The molecule has 200 valence electrons. The number of ether oxygens (including phenoxy) is 1. The third kappa shape index (κ3) is 5.45. The van der Waals surface area contributed by atoms with E-state index < -0.39 is 51.1 Å². The van der Waals surface area contributed by atoms with Crippen molar-refractivity contribution in [3.05, 3.63) is 65.9 Å². The number of nitrogens with zero attached hydrogens (tertiary/aromatic N) is 2. The van der Waals surface area contributed by atoms with Crippen LogP contribution in [0.25, 0.3) is 10.9 Å². The first kappa shape index (κ1) is 26.9. The first-order valence-electron chi connectivity index (χ1n) is 10.9. The van der Waals surface area contributed by atoms with Gasteiger partial charge >= 0.3 is 18.3 Å². The molecule has 1 fully saturated rings. The van der Waals surface area contributed by atoms with Crippen LogP contribution in [0.5, 0.6) is 0 Å². The van der Waals surface area contributed by atoms with E-state index in [2.05, 4.69) is 4.74 Å². The summed E-state index contributed by atoms with van der Waals surface area (Å²) < 4.78 is 108. The van der Waals surface area contributed by atoms with Crippen LogP contribution in [0, 0.1) is 0 Å². The number of alkyl halides is 6. The number of aromatic nitrogens is 1. The van der Waals surface area contributed by atoms with Crippen LogP contribution < -0.4 is 0 Å². The molecule has 4 rings (SSSR count). The minimum Gasteiger partial charge on any atom is -0.428 e. The Labute approximate surface area is 206 Å². The zero-order chi connectivity index (χ0) is 27.2. The molecule has 1 aliphatic rings. The number of halogens is 6. The van der Waals surface area contributed by atoms with E-state index in [-0.39, 0.29) is 18.5 Å². The molecule has 1 aliphatic heterocycles. The van der Waals surface area contributed by atoms with Crippen LogP contribution in [0.15, 0.2) is 59.6 Å². The monoisotopic (exact) mass is 550 g/mol. The fraction of sp³-hybridized carbons (Fsp3) is 0.348. The quantitative estimate of drug-likeness (QED) is 0.280. The third-order valence-corrected chi connectivity index (χ3v) is 7.77.